The molecule has 2 rings (SSSR count). The van der Waals surface area contributed by atoms with Gasteiger partial charge in [0.1, 0.15) is 5.52 Å². The number of rotatable bonds is 4. The topological polar surface area (TPSA) is 39.3 Å². The van der Waals surface area contributed by atoms with E-state index in [0.29, 0.717) is 11.4 Å². The average Bonchev–Trinajstić information content (AvgIpc) is 2.77. The van der Waals surface area contributed by atoms with E-state index in [0.717, 1.165) is 18.7 Å². The van der Waals surface area contributed by atoms with Crippen molar-refractivity contribution in [2.24, 2.45) is 5.92 Å². The highest BCUT2D eigenvalue weighted by molar-refractivity contribution is 7.80. The van der Waals surface area contributed by atoms with Gasteiger partial charge in [0.05, 0.1) is 6.20 Å². The molecule has 0 bridgehead atoms. The zero-order chi connectivity index (χ0) is 11.5. The van der Waals surface area contributed by atoms with Crippen molar-refractivity contribution in [2.45, 2.75) is 19.9 Å². The summed E-state index contributed by atoms with van der Waals surface area (Å²) in [7, 11) is 0. The van der Waals surface area contributed by atoms with Crippen LogP contribution in [0.5, 0.6) is 0 Å². The molecule has 2 aromatic heterocycles. The van der Waals surface area contributed by atoms with Crippen LogP contribution in [0.15, 0.2) is 29.5 Å². The summed E-state index contributed by atoms with van der Waals surface area (Å²) in [6, 6.07) is 1.74. The molecule has 0 saturated carbocycles. The van der Waals surface area contributed by atoms with E-state index in [-0.39, 0.29) is 5.56 Å². The van der Waals surface area contributed by atoms with Gasteiger partial charge < -0.3 is 4.57 Å². The molecule has 16 heavy (non-hydrogen) atoms. The maximum absolute atomic E-state index is 12.0. The SMILES string of the molecule is CCC(CS)Cn1ccn2nccc2c1=O. The molecule has 0 amide bonds. The highest BCUT2D eigenvalue weighted by atomic mass is 32.1. The Kier molecular flexibility index (Phi) is 3.33. The molecule has 0 radical (unpaired) electrons. The molecule has 5 heteroatoms. The van der Waals surface area contributed by atoms with Crippen molar-refractivity contribution in [2.75, 3.05) is 5.75 Å². The van der Waals surface area contributed by atoms with Gasteiger partial charge in [-0.1, -0.05) is 13.3 Å². The van der Waals surface area contributed by atoms with Crippen molar-refractivity contribution in [1.82, 2.24) is 14.2 Å². The smallest absolute Gasteiger partial charge is 0.276 e. The summed E-state index contributed by atoms with van der Waals surface area (Å²) in [4.78, 5) is 12.0. The number of fused-ring (bicyclic) bond motifs is 1. The molecule has 2 aromatic rings. The normalized spacial score (nSPS) is 13.1. The van der Waals surface area contributed by atoms with Crippen LogP contribution in [0, 0.1) is 5.92 Å². The third-order valence-electron chi connectivity index (χ3n) is 2.83. The Morgan fingerprint density at radius 1 is 1.50 bits per heavy atom. The fourth-order valence-electron chi connectivity index (χ4n) is 1.70. The molecular formula is C11H15N3OS. The molecule has 0 aliphatic heterocycles. The van der Waals surface area contributed by atoms with E-state index in [4.69, 9.17) is 0 Å². The van der Waals surface area contributed by atoms with Crippen molar-refractivity contribution in [1.29, 1.82) is 0 Å². The van der Waals surface area contributed by atoms with Crippen molar-refractivity contribution in [3.63, 3.8) is 0 Å². The number of hydrogen-bond donors (Lipinski definition) is 1. The van der Waals surface area contributed by atoms with Crippen molar-refractivity contribution >= 4 is 18.1 Å². The van der Waals surface area contributed by atoms with Gasteiger partial charge in [-0.25, -0.2) is 4.52 Å². The summed E-state index contributed by atoms with van der Waals surface area (Å²) in [6.45, 7) is 2.84. The fraction of sp³-hybridized carbons (Fsp3) is 0.455. The first-order chi connectivity index (χ1) is 7.76. The molecule has 0 aromatic carbocycles. The third kappa shape index (κ3) is 2.00. The third-order valence-corrected chi connectivity index (χ3v) is 3.34. The lowest BCUT2D eigenvalue weighted by Gasteiger charge is -2.13. The van der Waals surface area contributed by atoms with Crippen LogP contribution in [-0.4, -0.2) is 19.9 Å². The molecule has 0 saturated heterocycles. The van der Waals surface area contributed by atoms with Crippen molar-refractivity contribution in [3.05, 3.63) is 35.0 Å². The van der Waals surface area contributed by atoms with Crippen LogP contribution in [0.3, 0.4) is 0 Å². The quantitative estimate of drug-likeness (QED) is 0.818. The van der Waals surface area contributed by atoms with E-state index in [2.05, 4.69) is 24.7 Å². The maximum Gasteiger partial charge on any atom is 0.276 e. The number of thiol groups is 1. The van der Waals surface area contributed by atoms with Crippen LogP contribution in [0.4, 0.5) is 0 Å². The summed E-state index contributed by atoms with van der Waals surface area (Å²) in [5.74, 6) is 1.24. The summed E-state index contributed by atoms with van der Waals surface area (Å²) < 4.78 is 3.34. The van der Waals surface area contributed by atoms with Gasteiger partial charge in [-0.2, -0.15) is 17.7 Å². The van der Waals surface area contributed by atoms with E-state index in [1.54, 1.807) is 27.5 Å². The molecule has 0 aliphatic rings. The van der Waals surface area contributed by atoms with Gasteiger partial charge in [0.2, 0.25) is 0 Å². The number of hydrogen-bond acceptors (Lipinski definition) is 3. The minimum Gasteiger partial charge on any atom is -0.312 e. The second-order valence-corrected chi connectivity index (χ2v) is 4.24. The standard InChI is InChI=1S/C11H15N3OS/c1-2-9(8-16)7-13-5-6-14-10(11(13)15)3-4-12-14/h3-6,9,16H,2,7-8H2,1H3. The Balaban J connectivity index is 2.37. The highest BCUT2D eigenvalue weighted by Crippen LogP contribution is 2.07. The predicted octanol–water partition coefficient (Wildman–Crippen LogP) is 1.45. The zero-order valence-electron chi connectivity index (χ0n) is 9.21. The lowest BCUT2D eigenvalue weighted by atomic mass is 10.1. The minimum absolute atomic E-state index is 0.0141. The van der Waals surface area contributed by atoms with E-state index < -0.39 is 0 Å². The van der Waals surface area contributed by atoms with Gasteiger partial charge in [0.15, 0.2) is 0 Å². The average molecular weight is 237 g/mol. The Bertz CT molecular complexity index is 527. The molecule has 0 N–H and O–H groups in total. The van der Waals surface area contributed by atoms with Crippen LogP contribution in [0.25, 0.3) is 5.52 Å². The summed E-state index contributed by atoms with van der Waals surface area (Å²) in [5.41, 5.74) is 0.636. The molecule has 1 unspecified atom stereocenters. The molecule has 86 valence electrons. The Morgan fingerprint density at radius 2 is 2.31 bits per heavy atom. The molecular weight excluding hydrogens is 222 g/mol. The number of nitrogens with zero attached hydrogens (tertiary/aromatic N) is 3. The first kappa shape index (κ1) is 11.3. The molecule has 0 fully saturated rings. The van der Waals surface area contributed by atoms with E-state index in [1.165, 1.54) is 0 Å². The van der Waals surface area contributed by atoms with Crippen LogP contribution in [-0.2, 0) is 6.54 Å². The minimum atomic E-state index is 0.0141. The zero-order valence-corrected chi connectivity index (χ0v) is 10.1. The summed E-state index contributed by atoms with van der Waals surface area (Å²) >= 11 is 4.29. The largest absolute Gasteiger partial charge is 0.312 e. The molecule has 2 heterocycles. The molecule has 0 aliphatic carbocycles. The van der Waals surface area contributed by atoms with Crippen molar-refractivity contribution in [3.8, 4) is 0 Å². The van der Waals surface area contributed by atoms with Crippen LogP contribution in [0.1, 0.15) is 13.3 Å². The summed E-state index contributed by atoms with van der Waals surface area (Å²) in [6.07, 6.45) is 6.26. The fourth-order valence-corrected chi connectivity index (χ4v) is 2.07. The Labute approximate surface area is 99.3 Å². The maximum atomic E-state index is 12.0. The first-order valence-electron chi connectivity index (χ1n) is 5.40. The first-order valence-corrected chi connectivity index (χ1v) is 6.03. The number of aromatic nitrogens is 3. The van der Waals surface area contributed by atoms with Crippen molar-refractivity contribution < 1.29 is 0 Å². The summed E-state index contributed by atoms with van der Waals surface area (Å²) in [5, 5.41) is 4.03. The second kappa shape index (κ2) is 4.74. The van der Waals surface area contributed by atoms with Crippen LogP contribution >= 0.6 is 12.6 Å². The molecule has 1 atom stereocenters. The highest BCUT2D eigenvalue weighted by Gasteiger charge is 2.08. The van der Waals surface area contributed by atoms with Gasteiger partial charge >= 0.3 is 0 Å². The van der Waals surface area contributed by atoms with E-state index in [1.807, 2.05) is 6.20 Å². The van der Waals surface area contributed by atoms with Crippen LogP contribution < -0.4 is 5.56 Å². The van der Waals surface area contributed by atoms with E-state index >= 15 is 0 Å². The lowest BCUT2D eigenvalue weighted by Crippen LogP contribution is -2.25. The van der Waals surface area contributed by atoms with Gasteiger partial charge in [0, 0.05) is 18.9 Å². The molecule has 0 spiro atoms. The van der Waals surface area contributed by atoms with Gasteiger partial charge in [-0.3, -0.25) is 4.79 Å². The predicted molar refractivity (Wildman–Crippen MR) is 67.1 cm³/mol. The van der Waals surface area contributed by atoms with Gasteiger partial charge in [-0.05, 0) is 17.7 Å². The lowest BCUT2D eigenvalue weighted by molar-refractivity contribution is 0.467. The molecule has 4 nitrogen and oxygen atoms in total. The Hall–Kier alpha value is -1.23. The van der Waals surface area contributed by atoms with E-state index in [9.17, 15) is 4.79 Å². The Morgan fingerprint density at radius 3 is 3.00 bits per heavy atom. The monoisotopic (exact) mass is 237 g/mol. The van der Waals surface area contributed by atoms with Crippen LogP contribution in [0.2, 0.25) is 0 Å². The second-order valence-electron chi connectivity index (χ2n) is 3.87. The van der Waals surface area contributed by atoms with Gasteiger partial charge in [0.25, 0.3) is 5.56 Å². The van der Waals surface area contributed by atoms with Gasteiger partial charge in [-0.15, -0.1) is 0 Å².